The molecule has 2 aromatic rings. The van der Waals surface area contributed by atoms with Gasteiger partial charge in [-0.05, 0) is 37.1 Å². The SMILES string of the molecule is Nc1nccnc1C(=O)Nc1ccc(NC(=O)NC2CC2)cc1. The lowest BCUT2D eigenvalue weighted by Gasteiger charge is -2.09. The van der Waals surface area contributed by atoms with E-state index in [1.54, 1.807) is 24.3 Å². The number of carbonyl (C=O) groups is 2. The summed E-state index contributed by atoms with van der Waals surface area (Å²) >= 11 is 0. The Bertz CT molecular complexity index is 727. The van der Waals surface area contributed by atoms with Gasteiger partial charge in [0.05, 0.1) is 0 Å². The summed E-state index contributed by atoms with van der Waals surface area (Å²) in [5.74, 6) is -0.372. The summed E-state index contributed by atoms with van der Waals surface area (Å²) < 4.78 is 0. The molecule has 23 heavy (non-hydrogen) atoms. The van der Waals surface area contributed by atoms with E-state index in [2.05, 4.69) is 25.9 Å². The highest BCUT2D eigenvalue weighted by Gasteiger charge is 2.23. The highest BCUT2D eigenvalue weighted by Crippen LogP contribution is 2.19. The summed E-state index contributed by atoms with van der Waals surface area (Å²) in [6.07, 6.45) is 4.88. The van der Waals surface area contributed by atoms with E-state index in [1.165, 1.54) is 12.4 Å². The number of nitrogens with one attached hydrogen (secondary N) is 3. The number of amides is 3. The first-order valence-corrected chi connectivity index (χ1v) is 7.17. The summed E-state index contributed by atoms with van der Waals surface area (Å²) in [5, 5.41) is 8.23. The molecule has 1 aliphatic carbocycles. The molecule has 0 bridgehead atoms. The van der Waals surface area contributed by atoms with Crippen molar-refractivity contribution < 1.29 is 9.59 Å². The minimum atomic E-state index is -0.442. The third kappa shape index (κ3) is 3.94. The highest BCUT2D eigenvalue weighted by atomic mass is 16.2. The quantitative estimate of drug-likeness (QED) is 0.683. The first-order chi connectivity index (χ1) is 11.1. The Morgan fingerprint density at radius 1 is 1.00 bits per heavy atom. The largest absolute Gasteiger partial charge is 0.382 e. The van der Waals surface area contributed by atoms with Gasteiger partial charge in [0, 0.05) is 29.8 Å². The number of rotatable bonds is 4. The average Bonchev–Trinajstić information content (AvgIpc) is 3.33. The Balaban J connectivity index is 1.59. The predicted molar refractivity (Wildman–Crippen MR) is 86.0 cm³/mol. The van der Waals surface area contributed by atoms with Crippen molar-refractivity contribution in [1.82, 2.24) is 15.3 Å². The molecule has 0 radical (unpaired) electrons. The zero-order valence-corrected chi connectivity index (χ0v) is 12.2. The number of benzene rings is 1. The van der Waals surface area contributed by atoms with Gasteiger partial charge >= 0.3 is 6.03 Å². The Kier molecular flexibility index (Phi) is 4.05. The Labute approximate surface area is 132 Å². The summed E-state index contributed by atoms with van der Waals surface area (Å²) in [6.45, 7) is 0. The lowest BCUT2D eigenvalue weighted by molar-refractivity contribution is 0.102. The van der Waals surface area contributed by atoms with E-state index < -0.39 is 5.91 Å². The second kappa shape index (κ2) is 6.30. The van der Waals surface area contributed by atoms with Crippen molar-refractivity contribution in [3.63, 3.8) is 0 Å². The fourth-order valence-corrected chi connectivity index (χ4v) is 1.93. The maximum absolute atomic E-state index is 12.1. The van der Waals surface area contributed by atoms with Crippen molar-refractivity contribution in [2.75, 3.05) is 16.4 Å². The van der Waals surface area contributed by atoms with Crippen LogP contribution in [0.5, 0.6) is 0 Å². The Morgan fingerprint density at radius 2 is 1.61 bits per heavy atom. The van der Waals surface area contributed by atoms with Crippen LogP contribution >= 0.6 is 0 Å². The molecule has 1 heterocycles. The van der Waals surface area contributed by atoms with Gasteiger partial charge in [0.15, 0.2) is 11.5 Å². The minimum absolute atomic E-state index is 0.0681. The van der Waals surface area contributed by atoms with Crippen LogP contribution in [0.1, 0.15) is 23.3 Å². The van der Waals surface area contributed by atoms with Crippen LogP contribution in [0.2, 0.25) is 0 Å². The van der Waals surface area contributed by atoms with Crippen LogP contribution in [0.15, 0.2) is 36.7 Å². The number of hydrogen-bond donors (Lipinski definition) is 4. The van der Waals surface area contributed by atoms with Gasteiger partial charge in [0.25, 0.3) is 5.91 Å². The fourth-order valence-electron chi connectivity index (χ4n) is 1.93. The normalized spacial score (nSPS) is 13.2. The smallest absolute Gasteiger partial charge is 0.319 e. The van der Waals surface area contributed by atoms with Crippen molar-refractivity contribution in [1.29, 1.82) is 0 Å². The van der Waals surface area contributed by atoms with Gasteiger partial charge in [0.1, 0.15) is 0 Å². The number of carbonyl (C=O) groups excluding carboxylic acids is 2. The summed E-state index contributed by atoms with van der Waals surface area (Å²) in [5.41, 5.74) is 6.88. The van der Waals surface area contributed by atoms with Crippen molar-refractivity contribution in [3.05, 3.63) is 42.4 Å². The molecule has 1 fully saturated rings. The van der Waals surface area contributed by atoms with Gasteiger partial charge in [0.2, 0.25) is 0 Å². The van der Waals surface area contributed by atoms with E-state index in [4.69, 9.17) is 5.73 Å². The van der Waals surface area contributed by atoms with Crippen LogP contribution in [0.3, 0.4) is 0 Å². The van der Waals surface area contributed by atoms with Crippen molar-refractivity contribution in [2.45, 2.75) is 18.9 Å². The van der Waals surface area contributed by atoms with Gasteiger partial charge in [-0.15, -0.1) is 0 Å². The van der Waals surface area contributed by atoms with Crippen LogP contribution in [0, 0.1) is 0 Å². The van der Waals surface area contributed by atoms with Crippen LogP contribution in [0.25, 0.3) is 0 Å². The number of nitrogens with zero attached hydrogens (tertiary/aromatic N) is 2. The van der Waals surface area contributed by atoms with E-state index in [9.17, 15) is 9.59 Å². The molecule has 5 N–H and O–H groups in total. The lowest BCUT2D eigenvalue weighted by Crippen LogP contribution is -2.30. The second-order valence-electron chi connectivity index (χ2n) is 5.19. The molecule has 0 aliphatic heterocycles. The molecule has 1 saturated carbocycles. The molecular formula is C15H16N6O2. The zero-order valence-electron chi connectivity index (χ0n) is 12.2. The standard InChI is InChI=1S/C15H16N6O2/c16-13-12(17-7-8-18-13)14(22)19-9-1-3-10(4-2-9)20-15(23)21-11-5-6-11/h1-4,7-8,11H,5-6H2,(H2,16,18)(H,19,22)(H2,20,21,23). The fraction of sp³-hybridized carbons (Fsp3) is 0.200. The molecule has 8 nitrogen and oxygen atoms in total. The molecule has 0 saturated heterocycles. The third-order valence-electron chi connectivity index (χ3n) is 3.25. The topological polar surface area (TPSA) is 122 Å². The number of hydrogen-bond acceptors (Lipinski definition) is 5. The first-order valence-electron chi connectivity index (χ1n) is 7.17. The lowest BCUT2D eigenvalue weighted by atomic mass is 10.2. The first kappa shape index (κ1) is 14.8. The van der Waals surface area contributed by atoms with Crippen LogP contribution in [0.4, 0.5) is 22.0 Å². The monoisotopic (exact) mass is 312 g/mol. The number of aromatic nitrogens is 2. The van der Waals surface area contributed by atoms with Crippen molar-refractivity contribution in [2.24, 2.45) is 0 Å². The maximum atomic E-state index is 12.1. The molecular weight excluding hydrogens is 296 g/mol. The van der Waals surface area contributed by atoms with Gasteiger partial charge in [-0.25, -0.2) is 14.8 Å². The molecule has 1 aromatic heterocycles. The highest BCUT2D eigenvalue weighted by molar-refractivity contribution is 6.05. The van der Waals surface area contributed by atoms with Crippen LogP contribution in [-0.4, -0.2) is 27.9 Å². The Hall–Kier alpha value is -3.16. The summed E-state index contributed by atoms with van der Waals surface area (Å²) in [6, 6.07) is 6.82. The van der Waals surface area contributed by atoms with Crippen LogP contribution in [-0.2, 0) is 0 Å². The molecule has 3 amide bonds. The second-order valence-corrected chi connectivity index (χ2v) is 5.19. The van der Waals surface area contributed by atoms with E-state index in [1.807, 2.05) is 0 Å². The van der Waals surface area contributed by atoms with Crippen LogP contribution < -0.4 is 21.7 Å². The molecule has 0 unspecified atom stereocenters. The third-order valence-corrected chi connectivity index (χ3v) is 3.25. The van der Waals surface area contributed by atoms with E-state index in [0.717, 1.165) is 12.8 Å². The van der Waals surface area contributed by atoms with E-state index >= 15 is 0 Å². The summed E-state index contributed by atoms with van der Waals surface area (Å²) in [4.78, 5) is 31.4. The molecule has 3 rings (SSSR count). The zero-order chi connectivity index (χ0) is 16.2. The molecule has 1 aliphatic rings. The molecule has 0 spiro atoms. The van der Waals surface area contributed by atoms with E-state index in [-0.39, 0.29) is 17.5 Å². The Morgan fingerprint density at radius 3 is 2.22 bits per heavy atom. The van der Waals surface area contributed by atoms with Gasteiger partial charge < -0.3 is 21.7 Å². The maximum Gasteiger partial charge on any atom is 0.319 e. The van der Waals surface area contributed by atoms with Crippen molar-refractivity contribution in [3.8, 4) is 0 Å². The van der Waals surface area contributed by atoms with Crippen molar-refractivity contribution >= 4 is 29.1 Å². The molecule has 1 aromatic carbocycles. The number of nitrogen functional groups attached to an aromatic ring is 1. The average molecular weight is 312 g/mol. The molecule has 118 valence electrons. The van der Waals surface area contributed by atoms with Gasteiger partial charge in [-0.3, -0.25) is 4.79 Å². The number of anilines is 3. The van der Waals surface area contributed by atoms with Gasteiger partial charge in [-0.1, -0.05) is 0 Å². The minimum Gasteiger partial charge on any atom is -0.382 e. The molecule has 0 atom stereocenters. The number of urea groups is 1. The predicted octanol–water partition coefficient (Wildman–Crippen LogP) is 1.59. The summed E-state index contributed by atoms with van der Waals surface area (Å²) in [7, 11) is 0. The molecule has 8 heteroatoms. The van der Waals surface area contributed by atoms with Gasteiger partial charge in [-0.2, -0.15) is 0 Å². The number of nitrogens with two attached hydrogens (primary N) is 1. The van der Waals surface area contributed by atoms with E-state index in [0.29, 0.717) is 17.4 Å².